The van der Waals surface area contributed by atoms with Gasteiger partial charge < -0.3 is 5.11 Å². The van der Waals surface area contributed by atoms with Crippen molar-refractivity contribution in [1.29, 1.82) is 0 Å². The summed E-state index contributed by atoms with van der Waals surface area (Å²) in [4.78, 5) is 15.7. The molecule has 0 saturated carbocycles. The maximum atomic E-state index is 11.4. The summed E-state index contributed by atoms with van der Waals surface area (Å²) in [7, 11) is 0. The molecule has 0 aliphatic carbocycles. The summed E-state index contributed by atoms with van der Waals surface area (Å²) in [5.74, 6) is -0.836. The van der Waals surface area contributed by atoms with E-state index in [1.165, 1.54) is 0 Å². The highest BCUT2D eigenvalue weighted by Crippen LogP contribution is 2.42. The van der Waals surface area contributed by atoms with Crippen molar-refractivity contribution < 1.29 is 9.90 Å². The van der Waals surface area contributed by atoms with E-state index >= 15 is 0 Å². The van der Waals surface area contributed by atoms with Crippen LogP contribution in [0, 0.1) is 6.92 Å². The molecule has 1 aromatic carbocycles. The molecular formula is C12H13NO2. The molecule has 15 heavy (non-hydrogen) atoms. The van der Waals surface area contributed by atoms with E-state index < -0.39 is 11.4 Å². The van der Waals surface area contributed by atoms with Crippen LogP contribution in [0.15, 0.2) is 23.2 Å². The Balaban J connectivity index is 2.75. The van der Waals surface area contributed by atoms with Gasteiger partial charge in [0.15, 0.2) is 0 Å². The van der Waals surface area contributed by atoms with Crippen LogP contribution in [0.25, 0.3) is 0 Å². The molecule has 3 nitrogen and oxygen atoms in total. The molecule has 0 saturated heterocycles. The third kappa shape index (κ3) is 1.12. The van der Waals surface area contributed by atoms with Crippen molar-refractivity contribution in [1.82, 2.24) is 0 Å². The van der Waals surface area contributed by atoms with Crippen molar-refractivity contribution >= 4 is 17.4 Å². The summed E-state index contributed by atoms with van der Waals surface area (Å²) < 4.78 is 0. The van der Waals surface area contributed by atoms with Gasteiger partial charge in [0, 0.05) is 11.3 Å². The first-order valence-electron chi connectivity index (χ1n) is 4.87. The van der Waals surface area contributed by atoms with E-state index in [2.05, 4.69) is 4.99 Å². The minimum Gasteiger partial charge on any atom is -0.480 e. The van der Waals surface area contributed by atoms with Crippen LogP contribution < -0.4 is 0 Å². The van der Waals surface area contributed by atoms with Gasteiger partial charge in [-0.2, -0.15) is 0 Å². The second-order valence-corrected chi connectivity index (χ2v) is 4.10. The third-order valence-corrected chi connectivity index (χ3v) is 3.19. The van der Waals surface area contributed by atoms with E-state index in [9.17, 15) is 9.90 Å². The van der Waals surface area contributed by atoms with Crippen molar-refractivity contribution in [2.45, 2.75) is 26.2 Å². The Morgan fingerprint density at radius 3 is 2.67 bits per heavy atom. The minimum absolute atomic E-state index is 0.652. The number of benzene rings is 1. The second-order valence-electron chi connectivity index (χ2n) is 4.10. The molecule has 1 N–H and O–H groups in total. The molecular weight excluding hydrogens is 190 g/mol. The molecule has 1 aromatic rings. The van der Waals surface area contributed by atoms with Crippen molar-refractivity contribution in [3.05, 3.63) is 29.3 Å². The average molecular weight is 203 g/mol. The number of carboxylic acids is 1. The van der Waals surface area contributed by atoms with Gasteiger partial charge in [0.2, 0.25) is 0 Å². The molecule has 0 fully saturated rings. The fourth-order valence-electron chi connectivity index (χ4n) is 2.13. The number of aliphatic imine (C=N–C) groups is 1. The molecule has 1 atom stereocenters. The van der Waals surface area contributed by atoms with E-state index in [0.717, 1.165) is 16.8 Å². The number of aryl methyl sites for hydroxylation is 1. The van der Waals surface area contributed by atoms with Crippen LogP contribution in [-0.2, 0) is 10.2 Å². The van der Waals surface area contributed by atoms with E-state index in [1.807, 2.05) is 25.1 Å². The van der Waals surface area contributed by atoms with Gasteiger partial charge in [-0.3, -0.25) is 9.79 Å². The maximum Gasteiger partial charge on any atom is 0.319 e. The number of carbonyl (C=O) groups is 1. The molecule has 3 heteroatoms. The largest absolute Gasteiger partial charge is 0.480 e. The van der Waals surface area contributed by atoms with E-state index in [1.54, 1.807) is 13.8 Å². The lowest BCUT2D eigenvalue weighted by atomic mass is 9.78. The summed E-state index contributed by atoms with van der Waals surface area (Å²) in [6.07, 6.45) is 0. The molecule has 0 amide bonds. The normalized spacial score (nSPS) is 23.5. The SMILES string of the molecule is CC1=Nc2cccc(C)c2C1(C)C(=O)O. The van der Waals surface area contributed by atoms with E-state index in [0.29, 0.717) is 5.71 Å². The molecule has 1 aliphatic rings. The topological polar surface area (TPSA) is 49.7 Å². The van der Waals surface area contributed by atoms with Crippen LogP contribution in [0.2, 0.25) is 0 Å². The number of aliphatic carboxylic acids is 1. The number of fused-ring (bicyclic) bond motifs is 1. The number of nitrogens with zero attached hydrogens (tertiary/aromatic N) is 1. The van der Waals surface area contributed by atoms with Crippen LogP contribution >= 0.6 is 0 Å². The second kappa shape index (κ2) is 2.92. The summed E-state index contributed by atoms with van der Waals surface area (Å²) >= 11 is 0. The van der Waals surface area contributed by atoms with Gasteiger partial charge in [-0.1, -0.05) is 12.1 Å². The Hall–Kier alpha value is -1.64. The monoisotopic (exact) mass is 203 g/mol. The number of hydrogen-bond donors (Lipinski definition) is 1. The molecule has 78 valence electrons. The summed E-state index contributed by atoms with van der Waals surface area (Å²) in [6, 6.07) is 5.69. The summed E-state index contributed by atoms with van der Waals surface area (Å²) in [6.45, 7) is 5.41. The average Bonchev–Trinajstić information content (AvgIpc) is 2.41. The lowest BCUT2D eigenvalue weighted by molar-refractivity contribution is -0.140. The van der Waals surface area contributed by atoms with Crippen molar-refractivity contribution in [2.75, 3.05) is 0 Å². The molecule has 0 aromatic heterocycles. The van der Waals surface area contributed by atoms with Crippen LogP contribution in [0.4, 0.5) is 5.69 Å². The Bertz CT molecular complexity index is 477. The van der Waals surface area contributed by atoms with Crippen LogP contribution in [0.3, 0.4) is 0 Å². The Kier molecular flexibility index (Phi) is 1.93. The minimum atomic E-state index is -0.958. The molecule has 1 heterocycles. The molecule has 1 aliphatic heterocycles. The molecule has 0 spiro atoms. The van der Waals surface area contributed by atoms with Gasteiger partial charge in [-0.05, 0) is 32.4 Å². The van der Waals surface area contributed by atoms with Gasteiger partial charge in [0.25, 0.3) is 0 Å². The Labute approximate surface area is 88.5 Å². The fourth-order valence-corrected chi connectivity index (χ4v) is 2.13. The van der Waals surface area contributed by atoms with E-state index in [-0.39, 0.29) is 0 Å². The van der Waals surface area contributed by atoms with Crippen LogP contribution in [0.1, 0.15) is 25.0 Å². The highest BCUT2D eigenvalue weighted by Gasteiger charge is 2.44. The van der Waals surface area contributed by atoms with Crippen molar-refractivity contribution in [2.24, 2.45) is 4.99 Å². The highest BCUT2D eigenvalue weighted by atomic mass is 16.4. The lowest BCUT2D eigenvalue weighted by Crippen LogP contribution is -2.37. The first-order valence-corrected chi connectivity index (χ1v) is 4.87. The third-order valence-electron chi connectivity index (χ3n) is 3.19. The highest BCUT2D eigenvalue weighted by molar-refractivity contribution is 6.15. The van der Waals surface area contributed by atoms with Gasteiger partial charge in [0.05, 0.1) is 5.69 Å². The van der Waals surface area contributed by atoms with Crippen LogP contribution in [-0.4, -0.2) is 16.8 Å². The van der Waals surface area contributed by atoms with Crippen LogP contribution in [0.5, 0.6) is 0 Å². The summed E-state index contributed by atoms with van der Waals surface area (Å²) in [5.41, 5.74) is 2.30. The quantitative estimate of drug-likeness (QED) is 0.762. The maximum absolute atomic E-state index is 11.4. The zero-order valence-corrected chi connectivity index (χ0v) is 9.03. The number of hydrogen-bond acceptors (Lipinski definition) is 2. The van der Waals surface area contributed by atoms with Crippen molar-refractivity contribution in [3.8, 4) is 0 Å². The predicted octanol–water partition coefficient (Wildman–Crippen LogP) is 2.44. The fraction of sp³-hybridized carbons (Fsp3) is 0.333. The first kappa shape index (κ1) is 9.90. The lowest BCUT2D eigenvalue weighted by Gasteiger charge is -2.22. The van der Waals surface area contributed by atoms with Gasteiger partial charge in [0.1, 0.15) is 5.41 Å². The molecule has 0 radical (unpaired) electrons. The van der Waals surface area contributed by atoms with Gasteiger partial charge >= 0.3 is 5.97 Å². The number of carboxylic acid groups (broad SMARTS) is 1. The summed E-state index contributed by atoms with van der Waals surface area (Å²) in [5, 5.41) is 9.33. The van der Waals surface area contributed by atoms with Gasteiger partial charge in [-0.15, -0.1) is 0 Å². The first-order chi connectivity index (χ1) is 6.98. The molecule has 0 bridgehead atoms. The standard InChI is InChI=1S/C12H13NO2/c1-7-5-4-6-9-10(7)12(3,11(14)15)8(2)13-9/h4-6H,1-3H3,(H,14,15). The van der Waals surface area contributed by atoms with Gasteiger partial charge in [-0.25, -0.2) is 0 Å². The zero-order chi connectivity index (χ0) is 11.2. The Morgan fingerprint density at radius 2 is 2.07 bits per heavy atom. The van der Waals surface area contributed by atoms with Crippen molar-refractivity contribution in [3.63, 3.8) is 0 Å². The number of rotatable bonds is 1. The molecule has 2 rings (SSSR count). The Morgan fingerprint density at radius 1 is 1.40 bits per heavy atom. The van der Waals surface area contributed by atoms with E-state index in [4.69, 9.17) is 0 Å². The smallest absolute Gasteiger partial charge is 0.319 e. The molecule has 1 unspecified atom stereocenters. The predicted molar refractivity (Wildman–Crippen MR) is 58.9 cm³/mol. The zero-order valence-electron chi connectivity index (χ0n) is 9.03.